The van der Waals surface area contributed by atoms with Crippen LogP contribution in [0.25, 0.3) is 0 Å². The first-order valence-electron chi connectivity index (χ1n) is 7.09. The number of alkyl halides is 2. The highest BCUT2D eigenvalue weighted by Gasteiger charge is 2.33. The summed E-state index contributed by atoms with van der Waals surface area (Å²) < 4.78 is 43.6. The van der Waals surface area contributed by atoms with E-state index < -0.39 is 24.3 Å². The lowest BCUT2D eigenvalue weighted by Crippen LogP contribution is -2.50. The van der Waals surface area contributed by atoms with Crippen LogP contribution in [0, 0.1) is 5.82 Å². The molecule has 4 nitrogen and oxygen atoms in total. The van der Waals surface area contributed by atoms with Gasteiger partial charge in [-0.15, -0.1) is 0 Å². The summed E-state index contributed by atoms with van der Waals surface area (Å²) in [5.74, 6) is -1.03. The Morgan fingerprint density at radius 3 is 2.41 bits per heavy atom. The van der Waals surface area contributed by atoms with Gasteiger partial charge in [0, 0.05) is 31.7 Å². The Morgan fingerprint density at radius 2 is 1.86 bits per heavy atom. The molecule has 0 saturated carbocycles. The summed E-state index contributed by atoms with van der Waals surface area (Å²) in [6.45, 7) is 1.34. The van der Waals surface area contributed by atoms with Gasteiger partial charge in [0.05, 0.1) is 13.7 Å². The molecule has 22 heavy (non-hydrogen) atoms. The van der Waals surface area contributed by atoms with E-state index in [0.717, 1.165) is 0 Å². The fourth-order valence-corrected chi connectivity index (χ4v) is 2.68. The van der Waals surface area contributed by atoms with E-state index >= 15 is 0 Å². The summed E-state index contributed by atoms with van der Waals surface area (Å²) in [7, 11) is 1.25. The van der Waals surface area contributed by atoms with E-state index in [0.29, 0.717) is 26.2 Å². The van der Waals surface area contributed by atoms with Gasteiger partial charge in [-0.1, -0.05) is 18.2 Å². The van der Waals surface area contributed by atoms with Crippen molar-refractivity contribution in [1.29, 1.82) is 0 Å². The molecule has 1 aromatic rings. The molecule has 1 fully saturated rings. The summed E-state index contributed by atoms with van der Waals surface area (Å²) in [4.78, 5) is 15.5. The third kappa shape index (κ3) is 3.98. The predicted octanol–water partition coefficient (Wildman–Crippen LogP) is 1.92. The van der Waals surface area contributed by atoms with Gasteiger partial charge in [0.1, 0.15) is 11.9 Å². The Bertz CT molecular complexity index is 505. The first-order valence-corrected chi connectivity index (χ1v) is 7.09. The second-order valence-electron chi connectivity index (χ2n) is 5.17. The molecule has 1 saturated heterocycles. The minimum Gasteiger partial charge on any atom is -0.468 e. The standard InChI is InChI=1S/C15H19F3N2O2/c1-22-15(21)14(11-4-2-3-5-12(11)16)20-8-6-19(7-9-20)10-13(17)18/h2-5,13-14H,6-10H2,1H3. The number of rotatable bonds is 5. The molecule has 0 amide bonds. The zero-order valence-electron chi connectivity index (χ0n) is 12.3. The quantitative estimate of drug-likeness (QED) is 0.777. The third-order valence-corrected chi connectivity index (χ3v) is 3.79. The van der Waals surface area contributed by atoms with Crippen LogP contribution in [0.4, 0.5) is 13.2 Å². The Labute approximate surface area is 127 Å². The van der Waals surface area contributed by atoms with E-state index in [1.54, 1.807) is 28.0 Å². The molecule has 1 heterocycles. The maximum absolute atomic E-state index is 14.0. The van der Waals surface area contributed by atoms with Crippen molar-refractivity contribution in [3.63, 3.8) is 0 Å². The number of methoxy groups -OCH3 is 1. The van der Waals surface area contributed by atoms with E-state index in [1.165, 1.54) is 13.2 Å². The van der Waals surface area contributed by atoms with E-state index in [-0.39, 0.29) is 12.1 Å². The van der Waals surface area contributed by atoms with E-state index in [9.17, 15) is 18.0 Å². The van der Waals surface area contributed by atoms with Gasteiger partial charge < -0.3 is 4.74 Å². The average molecular weight is 316 g/mol. The lowest BCUT2D eigenvalue weighted by molar-refractivity contribution is -0.148. The Hall–Kier alpha value is -1.60. The number of ether oxygens (including phenoxy) is 1. The van der Waals surface area contributed by atoms with Crippen LogP contribution >= 0.6 is 0 Å². The molecule has 1 unspecified atom stereocenters. The van der Waals surface area contributed by atoms with Crippen LogP contribution < -0.4 is 0 Å². The first kappa shape index (κ1) is 16.8. The van der Waals surface area contributed by atoms with Gasteiger partial charge >= 0.3 is 5.97 Å². The molecular weight excluding hydrogens is 297 g/mol. The minimum atomic E-state index is -2.38. The highest BCUT2D eigenvalue weighted by molar-refractivity contribution is 5.77. The smallest absolute Gasteiger partial charge is 0.327 e. The largest absolute Gasteiger partial charge is 0.468 e. The van der Waals surface area contributed by atoms with E-state index in [1.807, 2.05) is 0 Å². The average Bonchev–Trinajstić information content (AvgIpc) is 2.50. The summed E-state index contributed by atoms with van der Waals surface area (Å²) in [5.41, 5.74) is 0.247. The zero-order chi connectivity index (χ0) is 16.1. The fraction of sp³-hybridized carbons (Fsp3) is 0.533. The maximum Gasteiger partial charge on any atom is 0.327 e. The highest BCUT2D eigenvalue weighted by Crippen LogP contribution is 2.26. The van der Waals surface area contributed by atoms with Gasteiger partial charge in [-0.05, 0) is 6.07 Å². The van der Waals surface area contributed by atoms with Crippen LogP contribution in [-0.2, 0) is 9.53 Å². The number of hydrogen-bond donors (Lipinski definition) is 0. The Kier molecular flexibility index (Phi) is 5.79. The second-order valence-corrected chi connectivity index (χ2v) is 5.17. The molecule has 2 rings (SSSR count). The molecule has 0 aromatic heterocycles. The summed E-state index contributed by atoms with van der Waals surface area (Å²) in [6.07, 6.45) is -2.38. The summed E-state index contributed by atoms with van der Waals surface area (Å²) in [5, 5.41) is 0. The Balaban J connectivity index is 2.12. The van der Waals surface area contributed by atoms with Crippen molar-refractivity contribution in [2.75, 3.05) is 39.8 Å². The molecular formula is C15H19F3N2O2. The topological polar surface area (TPSA) is 32.8 Å². The van der Waals surface area contributed by atoms with Crippen LogP contribution in [0.5, 0.6) is 0 Å². The van der Waals surface area contributed by atoms with Crippen molar-refractivity contribution >= 4 is 5.97 Å². The van der Waals surface area contributed by atoms with Gasteiger partial charge in [-0.25, -0.2) is 18.0 Å². The molecule has 1 aromatic carbocycles. The number of nitrogens with zero attached hydrogens (tertiary/aromatic N) is 2. The number of hydrogen-bond acceptors (Lipinski definition) is 4. The lowest BCUT2D eigenvalue weighted by Gasteiger charge is -2.38. The van der Waals surface area contributed by atoms with Crippen molar-refractivity contribution in [2.45, 2.75) is 12.5 Å². The second kappa shape index (κ2) is 7.60. The zero-order valence-corrected chi connectivity index (χ0v) is 12.3. The number of esters is 1. The molecule has 0 bridgehead atoms. The van der Waals surface area contributed by atoms with Gasteiger partial charge in [-0.2, -0.15) is 0 Å². The number of benzene rings is 1. The summed E-state index contributed by atoms with van der Waals surface area (Å²) in [6, 6.07) is 5.19. The van der Waals surface area contributed by atoms with Gasteiger partial charge in [0.15, 0.2) is 0 Å². The van der Waals surface area contributed by atoms with Crippen LogP contribution in [0.3, 0.4) is 0 Å². The number of carbonyl (C=O) groups excluding carboxylic acids is 1. The number of carbonyl (C=O) groups is 1. The van der Waals surface area contributed by atoms with Crippen molar-refractivity contribution < 1.29 is 22.7 Å². The minimum absolute atomic E-state index is 0.247. The third-order valence-electron chi connectivity index (χ3n) is 3.79. The molecule has 1 aliphatic heterocycles. The molecule has 7 heteroatoms. The maximum atomic E-state index is 14.0. The van der Waals surface area contributed by atoms with Crippen LogP contribution in [0.2, 0.25) is 0 Å². The monoisotopic (exact) mass is 316 g/mol. The fourth-order valence-electron chi connectivity index (χ4n) is 2.68. The van der Waals surface area contributed by atoms with Crippen molar-refractivity contribution in [2.24, 2.45) is 0 Å². The van der Waals surface area contributed by atoms with Gasteiger partial charge in [0.25, 0.3) is 6.43 Å². The molecule has 1 atom stereocenters. The van der Waals surface area contributed by atoms with E-state index in [4.69, 9.17) is 4.74 Å². The molecule has 0 N–H and O–H groups in total. The molecule has 122 valence electrons. The SMILES string of the molecule is COC(=O)C(c1ccccc1F)N1CCN(CC(F)F)CC1. The van der Waals surface area contributed by atoms with Crippen LogP contribution in [-0.4, -0.2) is 62.0 Å². The normalized spacial score (nSPS) is 18.4. The van der Waals surface area contributed by atoms with Crippen molar-refractivity contribution in [3.8, 4) is 0 Å². The molecule has 1 aliphatic rings. The Morgan fingerprint density at radius 1 is 1.23 bits per heavy atom. The van der Waals surface area contributed by atoms with Crippen molar-refractivity contribution in [3.05, 3.63) is 35.6 Å². The predicted molar refractivity (Wildman–Crippen MR) is 75.2 cm³/mol. The number of piperazine rings is 1. The van der Waals surface area contributed by atoms with Crippen LogP contribution in [0.1, 0.15) is 11.6 Å². The molecule has 0 spiro atoms. The number of halogens is 3. The highest BCUT2D eigenvalue weighted by atomic mass is 19.3. The van der Waals surface area contributed by atoms with E-state index in [2.05, 4.69) is 0 Å². The lowest BCUT2D eigenvalue weighted by atomic mass is 10.0. The molecule has 0 aliphatic carbocycles. The van der Waals surface area contributed by atoms with Gasteiger partial charge in [-0.3, -0.25) is 9.80 Å². The van der Waals surface area contributed by atoms with Crippen molar-refractivity contribution in [1.82, 2.24) is 9.80 Å². The van der Waals surface area contributed by atoms with Gasteiger partial charge in [0.2, 0.25) is 0 Å². The summed E-state index contributed by atoms with van der Waals surface area (Å²) >= 11 is 0. The van der Waals surface area contributed by atoms with Crippen LogP contribution in [0.15, 0.2) is 24.3 Å². The molecule has 0 radical (unpaired) electrons. The first-order chi connectivity index (χ1) is 10.5.